The molecule has 0 spiro atoms. The smallest absolute Gasteiger partial charge is 0.335 e. The Hall–Kier alpha value is -2.45. The fraction of sp³-hybridized carbons (Fsp3) is 0.235. The van der Waals surface area contributed by atoms with E-state index >= 15 is 0 Å². The minimum atomic E-state index is -3.92. The molecule has 25 heavy (non-hydrogen) atoms. The number of carboxylic acid groups (broad SMARTS) is 1. The molecule has 0 saturated carbocycles. The van der Waals surface area contributed by atoms with Gasteiger partial charge in [0.05, 0.1) is 17.6 Å². The second-order valence-corrected chi connectivity index (χ2v) is 7.39. The average Bonchev–Trinajstić information content (AvgIpc) is 2.53. The number of carbonyl (C=O) groups is 1. The fourth-order valence-electron chi connectivity index (χ4n) is 2.32. The van der Waals surface area contributed by atoms with Crippen molar-refractivity contribution in [2.24, 2.45) is 0 Å². The Morgan fingerprint density at radius 2 is 1.88 bits per heavy atom. The molecule has 2 aromatic rings. The van der Waals surface area contributed by atoms with Gasteiger partial charge in [-0.25, -0.2) is 22.3 Å². The average molecular weight is 367 g/mol. The van der Waals surface area contributed by atoms with E-state index in [4.69, 9.17) is 4.74 Å². The summed E-state index contributed by atoms with van der Waals surface area (Å²) in [6.07, 6.45) is 0. The number of hydrogen-bond acceptors (Lipinski definition) is 4. The summed E-state index contributed by atoms with van der Waals surface area (Å²) in [5.41, 5.74) is 0.250. The van der Waals surface area contributed by atoms with Crippen LogP contribution in [-0.2, 0) is 10.0 Å². The van der Waals surface area contributed by atoms with Gasteiger partial charge < -0.3 is 9.84 Å². The number of aromatic carboxylic acids is 1. The van der Waals surface area contributed by atoms with Crippen LogP contribution in [0.2, 0.25) is 0 Å². The standard InChI is InChI=1S/C17H18FNO5S/c1-10(2)19-25(22,23)14-7-11(6-12(8-14)17(20)21)15-9-13(18)4-5-16(15)24-3/h4-10,19H,1-3H3,(H,20,21). The summed E-state index contributed by atoms with van der Waals surface area (Å²) in [7, 11) is -2.54. The van der Waals surface area contributed by atoms with Gasteiger partial charge in [-0.15, -0.1) is 0 Å². The molecule has 2 rings (SSSR count). The summed E-state index contributed by atoms with van der Waals surface area (Å²) in [6.45, 7) is 3.30. The molecule has 0 radical (unpaired) electrons. The van der Waals surface area contributed by atoms with Crippen LogP contribution in [0.25, 0.3) is 11.1 Å². The van der Waals surface area contributed by atoms with Crippen molar-refractivity contribution >= 4 is 16.0 Å². The second kappa shape index (κ2) is 7.20. The Kier molecular flexibility index (Phi) is 5.44. The quantitative estimate of drug-likeness (QED) is 0.819. The van der Waals surface area contributed by atoms with Gasteiger partial charge in [0.2, 0.25) is 10.0 Å². The molecule has 0 aliphatic heterocycles. The highest BCUT2D eigenvalue weighted by Gasteiger charge is 2.20. The van der Waals surface area contributed by atoms with E-state index in [1.165, 1.54) is 31.4 Å². The van der Waals surface area contributed by atoms with Crippen LogP contribution in [0.15, 0.2) is 41.3 Å². The van der Waals surface area contributed by atoms with Gasteiger partial charge in [0.15, 0.2) is 0 Å². The third-order valence-corrected chi connectivity index (χ3v) is 4.97. The fourth-order valence-corrected chi connectivity index (χ4v) is 3.64. The minimum Gasteiger partial charge on any atom is -0.496 e. The Morgan fingerprint density at radius 1 is 1.20 bits per heavy atom. The zero-order valence-electron chi connectivity index (χ0n) is 13.9. The molecule has 0 aromatic heterocycles. The zero-order valence-corrected chi connectivity index (χ0v) is 14.7. The lowest BCUT2D eigenvalue weighted by molar-refractivity contribution is 0.0696. The third kappa shape index (κ3) is 4.34. The van der Waals surface area contributed by atoms with E-state index in [0.717, 1.165) is 12.1 Å². The number of nitrogens with one attached hydrogen (secondary N) is 1. The summed E-state index contributed by atoms with van der Waals surface area (Å²) in [5.74, 6) is -1.55. The molecule has 0 unspecified atom stereocenters. The van der Waals surface area contributed by atoms with E-state index in [1.54, 1.807) is 13.8 Å². The molecule has 2 N–H and O–H groups in total. The zero-order chi connectivity index (χ0) is 18.8. The maximum atomic E-state index is 13.6. The number of benzene rings is 2. The number of carboxylic acids is 1. The molecule has 0 aliphatic carbocycles. The van der Waals surface area contributed by atoms with Crippen molar-refractivity contribution in [2.45, 2.75) is 24.8 Å². The molecule has 8 heteroatoms. The molecule has 0 heterocycles. The minimum absolute atomic E-state index is 0.220. The Balaban J connectivity index is 2.72. The largest absolute Gasteiger partial charge is 0.496 e. The van der Waals surface area contributed by atoms with Crippen LogP contribution >= 0.6 is 0 Å². The van der Waals surface area contributed by atoms with Crippen LogP contribution in [0.3, 0.4) is 0 Å². The van der Waals surface area contributed by atoms with Crippen LogP contribution in [-0.4, -0.2) is 32.6 Å². The number of methoxy groups -OCH3 is 1. The maximum absolute atomic E-state index is 13.6. The summed E-state index contributed by atoms with van der Waals surface area (Å²) < 4.78 is 46.0. The molecular weight excluding hydrogens is 349 g/mol. The van der Waals surface area contributed by atoms with E-state index in [-0.39, 0.29) is 27.6 Å². The molecule has 0 saturated heterocycles. The predicted molar refractivity (Wildman–Crippen MR) is 90.8 cm³/mol. The molecule has 0 amide bonds. The Morgan fingerprint density at radius 3 is 2.44 bits per heavy atom. The van der Waals surface area contributed by atoms with Gasteiger partial charge >= 0.3 is 5.97 Å². The first kappa shape index (κ1) is 18.9. The van der Waals surface area contributed by atoms with E-state index in [0.29, 0.717) is 5.75 Å². The van der Waals surface area contributed by atoms with E-state index in [2.05, 4.69) is 4.72 Å². The van der Waals surface area contributed by atoms with Crippen LogP contribution in [0.1, 0.15) is 24.2 Å². The highest BCUT2D eigenvalue weighted by molar-refractivity contribution is 7.89. The normalized spacial score (nSPS) is 11.6. The van der Waals surface area contributed by atoms with Gasteiger partial charge in [-0.1, -0.05) is 0 Å². The van der Waals surface area contributed by atoms with Crippen molar-refractivity contribution in [2.75, 3.05) is 7.11 Å². The van der Waals surface area contributed by atoms with Gasteiger partial charge in [-0.3, -0.25) is 0 Å². The first-order valence-corrected chi connectivity index (χ1v) is 8.87. The van der Waals surface area contributed by atoms with Gasteiger partial charge in [-0.2, -0.15) is 0 Å². The summed E-state index contributed by atoms with van der Waals surface area (Å²) >= 11 is 0. The van der Waals surface area contributed by atoms with Crippen LogP contribution in [0.4, 0.5) is 4.39 Å². The van der Waals surface area contributed by atoms with E-state index < -0.39 is 21.8 Å². The van der Waals surface area contributed by atoms with Gasteiger partial charge in [0, 0.05) is 11.6 Å². The summed E-state index contributed by atoms with van der Waals surface area (Å²) in [4.78, 5) is 11.2. The highest BCUT2D eigenvalue weighted by Crippen LogP contribution is 2.33. The second-order valence-electron chi connectivity index (χ2n) is 5.67. The lowest BCUT2D eigenvalue weighted by atomic mass is 10.0. The lowest BCUT2D eigenvalue weighted by Crippen LogP contribution is -2.30. The molecule has 2 aromatic carbocycles. The lowest BCUT2D eigenvalue weighted by Gasteiger charge is -2.14. The number of rotatable bonds is 6. The van der Waals surface area contributed by atoms with Crippen LogP contribution in [0.5, 0.6) is 5.75 Å². The number of sulfonamides is 1. The van der Waals surface area contributed by atoms with Crippen molar-refractivity contribution in [1.29, 1.82) is 0 Å². The predicted octanol–water partition coefficient (Wildman–Crippen LogP) is 2.89. The molecule has 0 bridgehead atoms. The first-order chi connectivity index (χ1) is 11.6. The molecule has 134 valence electrons. The van der Waals surface area contributed by atoms with Gasteiger partial charge in [-0.05, 0) is 55.8 Å². The van der Waals surface area contributed by atoms with Crippen molar-refractivity contribution in [1.82, 2.24) is 4.72 Å². The van der Waals surface area contributed by atoms with Crippen molar-refractivity contribution in [3.05, 3.63) is 47.8 Å². The van der Waals surface area contributed by atoms with Crippen LogP contribution in [0, 0.1) is 5.82 Å². The van der Waals surface area contributed by atoms with E-state index in [9.17, 15) is 22.7 Å². The maximum Gasteiger partial charge on any atom is 0.335 e. The Labute approximate surface area is 145 Å². The molecule has 0 atom stereocenters. The van der Waals surface area contributed by atoms with Crippen molar-refractivity contribution in [3.8, 4) is 16.9 Å². The van der Waals surface area contributed by atoms with Crippen molar-refractivity contribution < 1.29 is 27.4 Å². The third-order valence-electron chi connectivity index (χ3n) is 3.33. The number of halogens is 1. The number of ether oxygens (including phenoxy) is 1. The van der Waals surface area contributed by atoms with Gasteiger partial charge in [0.1, 0.15) is 11.6 Å². The topological polar surface area (TPSA) is 92.7 Å². The summed E-state index contributed by atoms with van der Waals surface area (Å²) in [6, 6.07) is 6.99. The van der Waals surface area contributed by atoms with Crippen LogP contribution < -0.4 is 9.46 Å². The van der Waals surface area contributed by atoms with E-state index in [1.807, 2.05) is 0 Å². The first-order valence-electron chi connectivity index (χ1n) is 7.38. The van der Waals surface area contributed by atoms with Crippen molar-refractivity contribution in [3.63, 3.8) is 0 Å². The Bertz CT molecular complexity index is 909. The summed E-state index contributed by atoms with van der Waals surface area (Å²) in [5, 5.41) is 9.29. The monoisotopic (exact) mass is 367 g/mol. The highest BCUT2D eigenvalue weighted by atomic mass is 32.2. The molecule has 6 nitrogen and oxygen atoms in total. The SMILES string of the molecule is COc1ccc(F)cc1-c1cc(C(=O)O)cc(S(=O)(=O)NC(C)C)c1. The molecular formula is C17H18FNO5S. The molecule has 0 fully saturated rings. The number of hydrogen-bond donors (Lipinski definition) is 2. The molecule has 0 aliphatic rings. The van der Waals surface area contributed by atoms with Gasteiger partial charge in [0.25, 0.3) is 0 Å².